The van der Waals surface area contributed by atoms with Gasteiger partial charge in [0, 0.05) is 19.6 Å². The molecule has 1 N–H and O–H groups in total. The molecule has 1 aromatic heterocycles. The molecule has 96 valence electrons. The minimum absolute atomic E-state index is 0.287. The van der Waals surface area contributed by atoms with Crippen LogP contribution < -0.4 is 0 Å². The lowest BCUT2D eigenvalue weighted by Crippen LogP contribution is -2.33. The van der Waals surface area contributed by atoms with E-state index in [-0.39, 0.29) is 5.56 Å². The zero-order valence-electron chi connectivity index (χ0n) is 11.1. The van der Waals surface area contributed by atoms with E-state index >= 15 is 0 Å². The lowest BCUT2D eigenvalue weighted by Gasteiger charge is -2.27. The molecule has 0 amide bonds. The normalized spacial score (nSPS) is 13.4. The van der Waals surface area contributed by atoms with Crippen molar-refractivity contribution in [3.8, 4) is 0 Å². The first-order chi connectivity index (χ1) is 7.84. The Labute approximate surface area is 102 Å². The van der Waals surface area contributed by atoms with Gasteiger partial charge < -0.3 is 5.11 Å². The maximum absolute atomic E-state index is 11.0. The summed E-state index contributed by atoms with van der Waals surface area (Å²) in [5.74, 6) is -0.389. The summed E-state index contributed by atoms with van der Waals surface area (Å²) in [6.45, 7) is 7.05. The van der Waals surface area contributed by atoms with Crippen molar-refractivity contribution in [3.63, 3.8) is 0 Å². The van der Waals surface area contributed by atoms with Gasteiger partial charge in [-0.25, -0.2) is 4.79 Å². The van der Waals surface area contributed by atoms with E-state index in [9.17, 15) is 4.79 Å². The minimum atomic E-state index is -0.918. The number of carbonyl (C=O) groups is 1. The van der Waals surface area contributed by atoms with Gasteiger partial charge in [0.25, 0.3) is 0 Å². The van der Waals surface area contributed by atoms with E-state index in [4.69, 9.17) is 5.11 Å². The van der Waals surface area contributed by atoms with Crippen LogP contribution in [0.25, 0.3) is 0 Å². The van der Waals surface area contributed by atoms with Crippen LogP contribution in [0.15, 0.2) is 6.20 Å². The summed E-state index contributed by atoms with van der Waals surface area (Å²) < 4.78 is 1.63. The Hall–Kier alpha value is -1.36. The van der Waals surface area contributed by atoms with Crippen molar-refractivity contribution in [1.82, 2.24) is 14.7 Å². The van der Waals surface area contributed by atoms with Gasteiger partial charge in [-0.15, -0.1) is 0 Å². The lowest BCUT2D eigenvalue weighted by atomic mass is 10.0. The molecular weight excluding hydrogens is 218 g/mol. The van der Waals surface area contributed by atoms with Crippen LogP contribution in [0.2, 0.25) is 0 Å². The fourth-order valence-corrected chi connectivity index (χ4v) is 1.72. The quantitative estimate of drug-likeness (QED) is 0.847. The molecule has 1 heterocycles. The first-order valence-electron chi connectivity index (χ1n) is 5.79. The van der Waals surface area contributed by atoms with E-state index in [1.807, 2.05) is 7.05 Å². The van der Waals surface area contributed by atoms with Crippen LogP contribution in [-0.4, -0.2) is 38.8 Å². The number of aromatic nitrogens is 2. The maximum Gasteiger partial charge on any atom is 0.339 e. The van der Waals surface area contributed by atoms with Crippen molar-refractivity contribution in [2.24, 2.45) is 13.0 Å². The molecule has 0 radical (unpaired) electrons. The summed E-state index contributed by atoms with van der Waals surface area (Å²) in [6.07, 6.45) is 1.41. The highest BCUT2D eigenvalue weighted by atomic mass is 16.4. The Balaban J connectivity index is 2.87. The highest BCUT2D eigenvalue weighted by Gasteiger charge is 2.19. The predicted octanol–water partition coefficient (Wildman–Crippen LogP) is 1.59. The van der Waals surface area contributed by atoms with Crippen molar-refractivity contribution >= 4 is 5.97 Å². The second-order valence-electron chi connectivity index (χ2n) is 4.83. The van der Waals surface area contributed by atoms with Gasteiger partial charge in [0.1, 0.15) is 5.56 Å². The Kier molecular flexibility index (Phi) is 4.28. The summed E-state index contributed by atoms with van der Waals surface area (Å²) >= 11 is 0. The van der Waals surface area contributed by atoms with E-state index in [1.54, 1.807) is 11.7 Å². The average Bonchev–Trinajstić information content (AvgIpc) is 2.59. The third-order valence-electron chi connectivity index (χ3n) is 3.35. The summed E-state index contributed by atoms with van der Waals surface area (Å²) in [7, 11) is 3.78. The Bertz CT molecular complexity index is 398. The average molecular weight is 239 g/mol. The molecule has 0 aliphatic heterocycles. The monoisotopic (exact) mass is 239 g/mol. The fraction of sp³-hybridized carbons (Fsp3) is 0.667. The van der Waals surface area contributed by atoms with Crippen LogP contribution in [0, 0.1) is 5.92 Å². The number of rotatable bonds is 5. The summed E-state index contributed by atoms with van der Waals surface area (Å²) in [6, 6.07) is 0.395. The first-order valence-corrected chi connectivity index (χ1v) is 5.79. The highest BCUT2D eigenvalue weighted by molar-refractivity contribution is 5.88. The molecular formula is C12H21N3O2. The Morgan fingerprint density at radius 2 is 2.12 bits per heavy atom. The molecule has 0 aromatic carbocycles. The molecule has 0 aliphatic carbocycles. The molecule has 0 saturated heterocycles. The second-order valence-corrected chi connectivity index (χ2v) is 4.83. The van der Waals surface area contributed by atoms with Crippen LogP contribution >= 0.6 is 0 Å². The van der Waals surface area contributed by atoms with Crippen LogP contribution in [0.1, 0.15) is 36.8 Å². The number of hydrogen-bond donors (Lipinski definition) is 1. The van der Waals surface area contributed by atoms with E-state index in [0.717, 1.165) is 5.69 Å². The van der Waals surface area contributed by atoms with Crippen LogP contribution in [0.5, 0.6) is 0 Å². The topological polar surface area (TPSA) is 58.4 Å². The van der Waals surface area contributed by atoms with Gasteiger partial charge in [0.15, 0.2) is 0 Å². The van der Waals surface area contributed by atoms with E-state index < -0.39 is 5.97 Å². The summed E-state index contributed by atoms with van der Waals surface area (Å²) in [5.41, 5.74) is 1.03. The molecule has 0 spiro atoms. The van der Waals surface area contributed by atoms with Gasteiger partial charge in [-0.2, -0.15) is 5.10 Å². The number of hydrogen-bond acceptors (Lipinski definition) is 3. The molecule has 1 aromatic rings. The zero-order chi connectivity index (χ0) is 13.2. The molecule has 0 bridgehead atoms. The number of nitrogens with zero attached hydrogens (tertiary/aromatic N) is 3. The third-order valence-corrected chi connectivity index (χ3v) is 3.35. The molecule has 5 heteroatoms. The van der Waals surface area contributed by atoms with Gasteiger partial charge in [-0.05, 0) is 19.9 Å². The van der Waals surface area contributed by atoms with Gasteiger partial charge in [-0.3, -0.25) is 9.58 Å². The molecule has 0 aliphatic rings. The predicted molar refractivity (Wildman–Crippen MR) is 65.9 cm³/mol. The van der Waals surface area contributed by atoms with Crippen molar-refractivity contribution in [1.29, 1.82) is 0 Å². The van der Waals surface area contributed by atoms with Crippen molar-refractivity contribution in [3.05, 3.63) is 17.5 Å². The largest absolute Gasteiger partial charge is 0.478 e. The van der Waals surface area contributed by atoms with Gasteiger partial charge in [0.05, 0.1) is 11.9 Å². The number of carboxylic acids is 1. The molecule has 0 saturated carbocycles. The van der Waals surface area contributed by atoms with Gasteiger partial charge >= 0.3 is 5.97 Å². The van der Waals surface area contributed by atoms with Crippen molar-refractivity contribution in [2.75, 3.05) is 7.05 Å². The zero-order valence-corrected chi connectivity index (χ0v) is 11.1. The number of aromatic carboxylic acids is 1. The molecule has 1 unspecified atom stereocenters. The molecule has 17 heavy (non-hydrogen) atoms. The third kappa shape index (κ3) is 3.06. The molecule has 1 atom stereocenters. The van der Waals surface area contributed by atoms with Crippen LogP contribution in [0.4, 0.5) is 0 Å². The molecule has 1 rings (SSSR count). The first kappa shape index (κ1) is 13.7. The minimum Gasteiger partial charge on any atom is -0.478 e. The highest BCUT2D eigenvalue weighted by Crippen LogP contribution is 2.15. The fourth-order valence-electron chi connectivity index (χ4n) is 1.72. The van der Waals surface area contributed by atoms with Gasteiger partial charge in [-0.1, -0.05) is 13.8 Å². The maximum atomic E-state index is 11.0. The molecule has 5 nitrogen and oxygen atoms in total. The standard InChI is InChI=1S/C12H21N3O2/c1-8(2)9(3)14(4)7-11-10(12(16)17)6-13-15(11)5/h6,8-9H,7H2,1-5H3,(H,16,17). The van der Waals surface area contributed by atoms with E-state index in [1.165, 1.54) is 6.20 Å². The van der Waals surface area contributed by atoms with Gasteiger partial charge in [0.2, 0.25) is 0 Å². The van der Waals surface area contributed by atoms with E-state index in [2.05, 4.69) is 30.8 Å². The van der Waals surface area contributed by atoms with Crippen molar-refractivity contribution in [2.45, 2.75) is 33.4 Å². The number of aryl methyl sites for hydroxylation is 1. The Morgan fingerprint density at radius 1 is 1.53 bits per heavy atom. The Morgan fingerprint density at radius 3 is 2.59 bits per heavy atom. The summed E-state index contributed by atoms with van der Waals surface area (Å²) in [5, 5.41) is 13.1. The second kappa shape index (κ2) is 5.31. The number of carboxylic acid groups (broad SMARTS) is 1. The lowest BCUT2D eigenvalue weighted by molar-refractivity contribution is 0.0693. The summed E-state index contributed by atoms with van der Waals surface area (Å²) in [4.78, 5) is 13.2. The smallest absolute Gasteiger partial charge is 0.339 e. The van der Waals surface area contributed by atoms with Crippen molar-refractivity contribution < 1.29 is 9.90 Å². The molecule has 0 fully saturated rings. The van der Waals surface area contributed by atoms with E-state index in [0.29, 0.717) is 18.5 Å². The van der Waals surface area contributed by atoms with Crippen LogP contribution in [-0.2, 0) is 13.6 Å². The van der Waals surface area contributed by atoms with Crippen LogP contribution in [0.3, 0.4) is 0 Å². The SMILES string of the molecule is CC(C)C(C)N(C)Cc1c(C(=O)O)cnn1C.